The SMILES string of the molecule is O=C(c1csc(Br)c1)c1cc(Br)c(Br)s1. The van der Waals surface area contributed by atoms with Gasteiger partial charge in [-0.25, -0.2) is 0 Å². The Kier molecular flexibility index (Phi) is 3.83. The van der Waals surface area contributed by atoms with E-state index in [2.05, 4.69) is 47.8 Å². The summed E-state index contributed by atoms with van der Waals surface area (Å²) >= 11 is 13.0. The first kappa shape index (κ1) is 12.0. The Hall–Kier alpha value is 0.510. The Bertz CT molecular complexity index is 496. The lowest BCUT2D eigenvalue weighted by Gasteiger charge is -1.90. The Labute approximate surface area is 120 Å². The third-order valence-electron chi connectivity index (χ3n) is 1.70. The number of thiophene rings is 2. The third-order valence-corrected chi connectivity index (χ3v) is 6.46. The molecule has 78 valence electrons. The molecule has 0 aromatic carbocycles. The van der Waals surface area contributed by atoms with E-state index in [9.17, 15) is 4.79 Å². The van der Waals surface area contributed by atoms with Crippen LogP contribution in [0.1, 0.15) is 15.2 Å². The number of rotatable bonds is 2. The average molecular weight is 431 g/mol. The van der Waals surface area contributed by atoms with Crippen molar-refractivity contribution < 1.29 is 4.79 Å². The van der Waals surface area contributed by atoms with E-state index in [1.54, 1.807) is 0 Å². The standard InChI is InChI=1S/C9H3Br3OS2/c10-5-2-6(15-9(5)12)8(13)4-1-7(11)14-3-4/h1-3H. The van der Waals surface area contributed by atoms with Crippen LogP contribution in [0.15, 0.2) is 29.6 Å². The zero-order chi connectivity index (χ0) is 11.0. The van der Waals surface area contributed by atoms with Gasteiger partial charge in [0, 0.05) is 15.4 Å². The van der Waals surface area contributed by atoms with E-state index in [0.29, 0.717) is 0 Å². The topological polar surface area (TPSA) is 17.1 Å². The molecule has 0 N–H and O–H groups in total. The van der Waals surface area contributed by atoms with Gasteiger partial charge in [-0.15, -0.1) is 22.7 Å². The second-order valence-corrected chi connectivity index (χ2v) is 8.22. The van der Waals surface area contributed by atoms with Crippen molar-refractivity contribution in [3.63, 3.8) is 0 Å². The van der Waals surface area contributed by atoms with E-state index in [-0.39, 0.29) is 5.78 Å². The van der Waals surface area contributed by atoms with Gasteiger partial charge in [-0.05, 0) is 59.9 Å². The molecule has 0 bridgehead atoms. The Morgan fingerprint density at radius 1 is 1.20 bits per heavy atom. The summed E-state index contributed by atoms with van der Waals surface area (Å²) in [5.74, 6) is 0.0633. The normalized spacial score (nSPS) is 10.6. The zero-order valence-electron chi connectivity index (χ0n) is 7.09. The maximum Gasteiger partial charge on any atom is 0.203 e. The van der Waals surface area contributed by atoms with Gasteiger partial charge in [-0.3, -0.25) is 4.79 Å². The first-order valence-electron chi connectivity index (χ1n) is 3.81. The summed E-state index contributed by atoms with van der Waals surface area (Å²) in [6.07, 6.45) is 0. The fourth-order valence-electron chi connectivity index (χ4n) is 1.03. The van der Waals surface area contributed by atoms with E-state index in [1.807, 2.05) is 17.5 Å². The molecular weight excluding hydrogens is 428 g/mol. The molecule has 6 heteroatoms. The summed E-state index contributed by atoms with van der Waals surface area (Å²) in [5, 5.41) is 1.86. The Balaban J connectivity index is 2.36. The van der Waals surface area contributed by atoms with Crippen LogP contribution in [0.2, 0.25) is 0 Å². The fourth-order valence-corrected chi connectivity index (χ4v) is 4.16. The monoisotopic (exact) mass is 428 g/mol. The molecule has 0 unspecified atom stereocenters. The molecule has 0 fully saturated rings. The minimum absolute atomic E-state index is 0.0633. The van der Waals surface area contributed by atoms with Crippen LogP contribution in [0, 0.1) is 0 Å². The number of hydrogen-bond acceptors (Lipinski definition) is 3. The third kappa shape index (κ3) is 2.61. The lowest BCUT2D eigenvalue weighted by Crippen LogP contribution is -1.95. The van der Waals surface area contributed by atoms with Gasteiger partial charge in [0.2, 0.25) is 5.78 Å². The molecule has 0 aliphatic carbocycles. The van der Waals surface area contributed by atoms with Crippen LogP contribution in [-0.2, 0) is 0 Å². The predicted molar refractivity (Wildman–Crippen MR) is 75.2 cm³/mol. The minimum Gasteiger partial charge on any atom is -0.288 e. The highest BCUT2D eigenvalue weighted by Gasteiger charge is 2.15. The molecule has 2 aromatic heterocycles. The van der Waals surface area contributed by atoms with E-state index in [0.717, 1.165) is 22.5 Å². The van der Waals surface area contributed by atoms with Crippen molar-refractivity contribution >= 4 is 76.2 Å². The second kappa shape index (κ2) is 4.79. The van der Waals surface area contributed by atoms with Crippen molar-refractivity contribution in [2.24, 2.45) is 0 Å². The van der Waals surface area contributed by atoms with Crippen LogP contribution in [0.4, 0.5) is 0 Å². The van der Waals surface area contributed by atoms with Crippen LogP contribution in [0.5, 0.6) is 0 Å². The number of carbonyl (C=O) groups is 1. The van der Waals surface area contributed by atoms with Gasteiger partial charge in [0.25, 0.3) is 0 Å². The number of halogens is 3. The number of carbonyl (C=O) groups excluding carboxylic acids is 1. The molecule has 0 saturated heterocycles. The first-order chi connectivity index (χ1) is 7.08. The fraction of sp³-hybridized carbons (Fsp3) is 0. The summed E-state index contributed by atoms with van der Waals surface area (Å²) in [6.45, 7) is 0. The molecule has 2 rings (SSSR count). The smallest absolute Gasteiger partial charge is 0.203 e. The summed E-state index contributed by atoms with van der Waals surface area (Å²) in [7, 11) is 0. The summed E-state index contributed by atoms with van der Waals surface area (Å²) < 4.78 is 2.84. The molecule has 0 radical (unpaired) electrons. The molecule has 2 aromatic rings. The van der Waals surface area contributed by atoms with Crippen molar-refractivity contribution in [3.8, 4) is 0 Å². The Morgan fingerprint density at radius 2 is 1.93 bits per heavy atom. The lowest BCUT2D eigenvalue weighted by atomic mass is 10.2. The van der Waals surface area contributed by atoms with E-state index in [4.69, 9.17) is 0 Å². The van der Waals surface area contributed by atoms with Crippen LogP contribution < -0.4 is 0 Å². The zero-order valence-corrected chi connectivity index (χ0v) is 13.5. The summed E-state index contributed by atoms with van der Waals surface area (Å²) in [6, 6.07) is 3.68. The predicted octanol–water partition coefficient (Wildman–Crippen LogP) is 5.33. The van der Waals surface area contributed by atoms with Gasteiger partial charge in [-0.2, -0.15) is 0 Å². The van der Waals surface area contributed by atoms with Crippen LogP contribution in [0.3, 0.4) is 0 Å². The molecule has 0 amide bonds. The van der Waals surface area contributed by atoms with E-state index < -0.39 is 0 Å². The van der Waals surface area contributed by atoms with Gasteiger partial charge >= 0.3 is 0 Å². The highest BCUT2D eigenvalue weighted by molar-refractivity contribution is 9.13. The van der Waals surface area contributed by atoms with Gasteiger partial charge in [-0.1, -0.05) is 0 Å². The van der Waals surface area contributed by atoms with Crippen LogP contribution >= 0.6 is 70.5 Å². The number of hydrogen-bond donors (Lipinski definition) is 0. The van der Waals surface area contributed by atoms with Crippen LogP contribution in [0.25, 0.3) is 0 Å². The summed E-state index contributed by atoms with van der Waals surface area (Å²) in [4.78, 5) is 12.7. The van der Waals surface area contributed by atoms with Gasteiger partial charge < -0.3 is 0 Å². The van der Waals surface area contributed by atoms with Crippen molar-refractivity contribution in [1.82, 2.24) is 0 Å². The second-order valence-electron chi connectivity index (χ2n) is 2.70. The number of ketones is 1. The van der Waals surface area contributed by atoms with Crippen molar-refractivity contribution in [2.45, 2.75) is 0 Å². The molecular formula is C9H3Br3OS2. The molecule has 0 saturated carbocycles. The molecule has 0 aliphatic rings. The first-order valence-corrected chi connectivity index (χ1v) is 7.89. The molecule has 2 heterocycles. The lowest BCUT2D eigenvalue weighted by molar-refractivity contribution is 0.104. The summed E-state index contributed by atoms with van der Waals surface area (Å²) in [5.41, 5.74) is 0.730. The average Bonchev–Trinajstić information content (AvgIpc) is 2.74. The van der Waals surface area contributed by atoms with E-state index in [1.165, 1.54) is 22.7 Å². The van der Waals surface area contributed by atoms with Gasteiger partial charge in [0.15, 0.2) is 0 Å². The van der Waals surface area contributed by atoms with Gasteiger partial charge in [0.05, 0.1) is 12.4 Å². The largest absolute Gasteiger partial charge is 0.288 e. The highest BCUT2D eigenvalue weighted by atomic mass is 79.9. The van der Waals surface area contributed by atoms with E-state index >= 15 is 0 Å². The maximum atomic E-state index is 12.0. The molecule has 0 spiro atoms. The Morgan fingerprint density at radius 3 is 2.40 bits per heavy atom. The van der Waals surface area contributed by atoms with Crippen molar-refractivity contribution in [2.75, 3.05) is 0 Å². The minimum atomic E-state index is 0.0633. The molecule has 0 aliphatic heterocycles. The quantitative estimate of drug-likeness (QED) is 0.588. The molecule has 15 heavy (non-hydrogen) atoms. The molecule has 1 nitrogen and oxygen atoms in total. The highest BCUT2D eigenvalue weighted by Crippen LogP contribution is 2.34. The van der Waals surface area contributed by atoms with Crippen LogP contribution in [-0.4, -0.2) is 5.78 Å². The maximum absolute atomic E-state index is 12.0. The van der Waals surface area contributed by atoms with Gasteiger partial charge in [0.1, 0.15) is 0 Å². The molecule has 0 atom stereocenters. The van der Waals surface area contributed by atoms with Crippen molar-refractivity contribution in [1.29, 1.82) is 0 Å². The van der Waals surface area contributed by atoms with Crippen molar-refractivity contribution in [3.05, 3.63) is 40.0 Å².